The largest absolute Gasteiger partial charge is 0.416 e. The Labute approximate surface area is 154 Å². The fraction of sp³-hybridized carbons (Fsp3) is 0.444. The molecule has 2 aromatic rings. The molecule has 0 aliphatic heterocycles. The van der Waals surface area contributed by atoms with Crippen LogP contribution in [0.3, 0.4) is 0 Å². The van der Waals surface area contributed by atoms with Crippen LogP contribution in [0.25, 0.3) is 0 Å². The number of benzene rings is 1. The van der Waals surface area contributed by atoms with Gasteiger partial charge in [-0.1, -0.05) is 31.0 Å². The van der Waals surface area contributed by atoms with Gasteiger partial charge < -0.3 is 9.88 Å². The number of amides is 1. The van der Waals surface area contributed by atoms with Gasteiger partial charge in [0.1, 0.15) is 0 Å². The maximum Gasteiger partial charge on any atom is 0.416 e. The summed E-state index contributed by atoms with van der Waals surface area (Å²) >= 11 is 1.34. The molecule has 1 saturated carbocycles. The molecule has 1 amide bonds. The molecule has 1 aromatic carbocycles. The molecular weight excluding hydrogens is 363 g/mol. The summed E-state index contributed by atoms with van der Waals surface area (Å²) in [6.07, 6.45) is 5.25. The molecule has 8 heteroatoms. The van der Waals surface area contributed by atoms with E-state index in [1.54, 1.807) is 6.20 Å². The highest BCUT2D eigenvalue weighted by molar-refractivity contribution is 7.99. The first kappa shape index (κ1) is 18.8. The average Bonchev–Trinajstić information content (AvgIpc) is 3.09. The van der Waals surface area contributed by atoms with Gasteiger partial charge >= 0.3 is 6.18 Å². The summed E-state index contributed by atoms with van der Waals surface area (Å²) in [6.45, 7) is 0. The summed E-state index contributed by atoms with van der Waals surface area (Å²) in [4.78, 5) is 16.4. The quantitative estimate of drug-likeness (QED) is 0.728. The zero-order chi connectivity index (χ0) is 18.6. The van der Waals surface area contributed by atoms with Crippen LogP contribution in [-0.2, 0) is 11.0 Å². The Hall–Kier alpha value is -1.96. The van der Waals surface area contributed by atoms with Crippen LogP contribution in [0, 0.1) is 0 Å². The molecule has 0 unspecified atom stereocenters. The van der Waals surface area contributed by atoms with Crippen molar-refractivity contribution >= 4 is 23.4 Å². The van der Waals surface area contributed by atoms with Gasteiger partial charge in [0.2, 0.25) is 5.91 Å². The van der Waals surface area contributed by atoms with Crippen molar-refractivity contribution in [2.75, 3.05) is 11.1 Å². The van der Waals surface area contributed by atoms with E-state index in [0.29, 0.717) is 11.7 Å². The Bertz CT molecular complexity index is 737. The minimum atomic E-state index is -4.38. The van der Waals surface area contributed by atoms with E-state index in [2.05, 4.69) is 14.9 Å². The Balaban J connectivity index is 1.54. The van der Waals surface area contributed by atoms with E-state index in [1.165, 1.54) is 43.2 Å². The summed E-state index contributed by atoms with van der Waals surface area (Å²) in [5.74, 6) is -0.113. The van der Waals surface area contributed by atoms with E-state index in [9.17, 15) is 18.0 Å². The molecule has 0 radical (unpaired) electrons. The molecule has 1 N–H and O–H groups in total. The third-order valence-corrected chi connectivity index (χ3v) is 5.41. The SMILES string of the molecule is O=C(CSc1nccn1C1CCCCC1)Nc1ccc(C(F)(F)F)cc1. The molecular formula is C18H20F3N3OS. The zero-order valence-electron chi connectivity index (χ0n) is 14.1. The Morgan fingerprint density at radius 3 is 2.54 bits per heavy atom. The van der Waals surface area contributed by atoms with Crippen molar-refractivity contribution in [3.63, 3.8) is 0 Å². The number of hydrogen-bond donors (Lipinski definition) is 1. The number of aromatic nitrogens is 2. The summed E-state index contributed by atoms with van der Waals surface area (Å²) < 4.78 is 39.8. The molecule has 1 aliphatic carbocycles. The smallest absolute Gasteiger partial charge is 0.325 e. The maximum absolute atomic E-state index is 12.6. The van der Waals surface area contributed by atoms with Crippen LogP contribution in [0.4, 0.5) is 18.9 Å². The average molecular weight is 383 g/mol. The van der Waals surface area contributed by atoms with Gasteiger partial charge in [0.25, 0.3) is 0 Å². The fourth-order valence-electron chi connectivity index (χ4n) is 3.12. The molecule has 26 heavy (non-hydrogen) atoms. The van der Waals surface area contributed by atoms with E-state index < -0.39 is 11.7 Å². The van der Waals surface area contributed by atoms with Gasteiger partial charge in [-0.05, 0) is 37.1 Å². The van der Waals surface area contributed by atoms with E-state index in [0.717, 1.165) is 30.1 Å². The van der Waals surface area contributed by atoms with Gasteiger partial charge in [0, 0.05) is 24.1 Å². The van der Waals surface area contributed by atoms with E-state index >= 15 is 0 Å². The van der Waals surface area contributed by atoms with Crippen LogP contribution in [0.15, 0.2) is 41.8 Å². The van der Waals surface area contributed by atoms with E-state index in [-0.39, 0.29) is 11.7 Å². The minimum Gasteiger partial charge on any atom is -0.325 e. The van der Waals surface area contributed by atoms with E-state index in [1.807, 2.05) is 6.20 Å². The molecule has 1 aliphatic rings. The predicted molar refractivity (Wildman–Crippen MR) is 95.1 cm³/mol. The molecule has 140 valence electrons. The second kappa shape index (κ2) is 8.16. The number of carbonyl (C=O) groups is 1. The predicted octanol–water partition coefficient (Wildman–Crippen LogP) is 5.14. The standard InChI is InChI=1S/C18H20F3N3OS/c19-18(20,21)13-6-8-14(9-7-13)23-16(25)12-26-17-22-10-11-24(17)15-4-2-1-3-5-15/h6-11,15H,1-5,12H2,(H,23,25). The number of thioether (sulfide) groups is 1. The molecule has 0 atom stereocenters. The summed E-state index contributed by atoms with van der Waals surface area (Å²) in [6, 6.07) is 4.87. The minimum absolute atomic E-state index is 0.157. The van der Waals surface area contributed by atoms with E-state index in [4.69, 9.17) is 0 Å². The summed E-state index contributed by atoms with van der Waals surface area (Å²) in [5.41, 5.74) is -0.390. The summed E-state index contributed by atoms with van der Waals surface area (Å²) in [5, 5.41) is 3.42. The molecule has 0 bridgehead atoms. The Morgan fingerprint density at radius 1 is 1.19 bits per heavy atom. The number of anilines is 1. The first-order valence-electron chi connectivity index (χ1n) is 8.56. The molecule has 0 spiro atoms. The maximum atomic E-state index is 12.6. The number of nitrogens with zero attached hydrogens (tertiary/aromatic N) is 2. The molecule has 4 nitrogen and oxygen atoms in total. The summed E-state index contributed by atoms with van der Waals surface area (Å²) in [7, 11) is 0. The normalized spacial score (nSPS) is 15.8. The van der Waals surface area contributed by atoms with Crippen LogP contribution in [0.1, 0.15) is 43.7 Å². The van der Waals surface area contributed by atoms with Crippen molar-refractivity contribution in [3.05, 3.63) is 42.2 Å². The molecule has 0 saturated heterocycles. The molecule has 1 heterocycles. The van der Waals surface area contributed by atoms with Crippen LogP contribution in [0.2, 0.25) is 0 Å². The number of imidazole rings is 1. The zero-order valence-corrected chi connectivity index (χ0v) is 14.9. The van der Waals surface area contributed by atoms with Crippen molar-refractivity contribution in [1.82, 2.24) is 9.55 Å². The number of alkyl halides is 3. The molecule has 1 aromatic heterocycles. The highest BCUT2D eigenvalue weighted by Crippen LogP contribution is 2.32. The monoisotopic (exact) mass is 383 g/mol. The third kappa shape index (κ3) is 4.81. The molecule has 3 rings (SSSR count). The van der Waals surface area contributed by atoms with Crippen molar-refractivity contribution in [2.45, 2.75) is 49.5 Å². The van der Waals surface area contributed by atoms with Gasteiger partial charge in [-0.25, -0.2) is 4.98 Å². The first-order valence-corrected chi connectivity index (χ1v) is 9.55. The number of nitrogens with one attached hydrogen (secondary N) is 1. The topological polar surface area (TPSA) is 46.9 Å². The van der Waals surface area contributed by atoms with Crippen molar-refractivity contribution < 1.29 is 18.0 Å². The first-order chi connectivity index (χ1) is 12.4. The van der Waals surface area contributed by atoms with Crippen molar-refractivity contribution in [2.24, 2.45) is 0 Å². The number of halogens is 3. The lowest BCUT2D eigenvalue weighted by Crippen LogP contribution is -2.16. The van der Waals surface area contributed by atoms with Gasteiger partial charge in [-0.3, -0.25) is 4.79 Å². The number of rotatable bonds is 5. The Morgan fingerprint density at radius 2 is 1.88 bits per heavy atom. The van der Waals surface area contributed by atoms with Gasteiger partial charge in [-0.15, -0.1) is 0 Å². The van der Waals surface area contributed by atoms with Crippen molar-refractivity contribution in [3.8, 4) is 0 Å². The Kier molecular flexibility index (Phi) is 5.90. The van der Waals surface area contributed by atoms with Gasteiger partial charge in [0.05, 0.1) is 11.3 Å². The fourth-order valence-corrected chi connectivity index (χ4v) is 3.94. The highest BCUT2D eigenvalue weighted by atomic mass is 32.2. The van der Waals surface area contributed by atoms with Crippen molar-refractivity contribution in [1.29, 1.82) is 0 Å². The van der Waals surface area contributed by atoms with Crippen LogP contribution in [0.5, 0.6) is 0 Å². The number of hydrogen-bond acceptors (Lipinski definition) is 3. The highest BCUT2D eigenvalue weighted by Gasteiger charge is 2.30. The van der Waals surface area contributed by atoms with Crippen LogP contribution < -0.4 is 5.32 Å². The lowest BCUT2D eigenvalue weighted by molar-refractivity contribution is -0.137. The van der Waals surface area contributed by atoms with Gasteiger partial charge in [-0.2, -0.15) is 13.2 Å². The van der Waals surface area contributed by atoms with Gasteiger partial charge in [0.15, 0.2) is 5.16 Å². The number of carbonyl (C=O) groups excluding carboxylic acids is 1. The molecule has 1 fully saturated rings. The van der Waals surface area contributed by atoms with Crippen LogP contribution in [-0.4, -0.2) is 21.2 Å². The van der Waals surface area contributed by atoms with Crippen LogP contribution >= 0.6 is 11.8 Å². The lowest BCUT2D eigenvalue weighted by Gasteiger charge is -2.24. The second-order valence-corrected chi connectivity index (χ2v) is 7.26. The lowest BCUT2D eigenvalue weighted by atomic mass is 9.95. The second-order valence-electron chi connectivity index (χ2n) is 6.32. The third-order valence-electron chi connectivity index (χ3n) is 4.43.